The van der Waals surface area contributed by atoms with E-state index >= 15 is 0 Å². The molecular formula is C16H33N3O2. The third-order valence-corrected chi connectivity index (χ3v) is 4.11. The summed E-state index contributed by atoms with van der Waals surface area (Å²) in [6, 6.07) is 0.590. The minimum atomic E-state index is 0.112. The standard InChI is InChI=1S/C16H33N3O2/c1-14(2)19(3)12-5-4-9-18-16(20)8-13-21-15-6-10-17-11-7-15/h14-15,17H,4-13H2,1-3H3,(H,18,20). The molecule has 0 saturated carbocycles. The summed E-state index contributed by atoms with van der Waals surface area (Å²) in [6.45, 7) is 8.87. The van der Waals surface area contributed by atoms with Gasteiger partial charge in [0.25, 0.3) is 0 Å². The Balaban J connectivity index is 1.91. The lowest BCUT2D eigenvalue weighted by Crippen LogP contribution is -2.33. The second-order valence-electron chi connectivity index (χ2n) is 6.20. The second-order valence-corrected chi connectivity index (χ2v) is 6.20. The van der Waals surface area contributed by atoms with Gasteiger partial charge in [0.15, 0.2) is 0 Å². The van der Waals surface area contributed by atoms with Crippen molar-refractivity contribution in [3.63, 3.8) is 0 Å². The molecule has 0 aliphatic carbocycles. The van der Waals surface area contributed by atoms with Crippen molar-refractivity contribution >= 4 is 5.91 Å². The summed E-state index contributed by atoms with van der Waals surface area (Å²) in [5, 5.41) is 6.28. The highest BCUT2D eigenvalue weighted by atomic mass is 16.5. The number of carbonyl (C=O) groups is 1. The van der Waals surface area contributed by atoms with Crippen molar-refractivity contribution in [1.29, 1.82) is 0 Å². The molecule has 0 aromatic rings. The normalized spacial score (nSPS) is 16.6. The molecule has 1 heterocycles. The first-order valence-corrected chi connectivity index (χ1v) is 8.39. The van der Waals surface area contributed by atoms with Crippen molar-refractivity contribution < 1.29 is 9.53 Å². The van der Waals surface area contributed by atoms with Crippen molar-refractivity contribution in [2.45, 2.75) is 58.1 Å². The van der Waals surface area contributed by atoms with Crippen LogP contribution < -0.4 is 10.6 Å². The second kappa shape index (κ2) is 11.0. The number of ether oxygens (including phenoxy) is 1. The van der Waals surface area contributed by atoms with Gasteiger partial charge in [0, 0.05) is 19.0 Å². The van der Waals surface area contributed by atoms with Gasteiger partial charge >= 0.3 is 0 Å². The number of rotatable bonds is 10. The Bertz CT molecular complexity index is 279. The average molecular weight is 299 g/mol. The number of piperidine rings is 1. The molecule has 0 radical (unpaired) electrons. The van der Waals surface area contributed by atoms with E-state index in [2.05, 4.69) is 36.4 Å². The van der Waals surface area contributed by atoms with E-state index in [9.17, 15) is 4.79 Å². The molecule has 0 spiro atoms. The maximum atomic E-state index is 11.7. The molecule has 2 N–H and O–H groups in total. The van der Waals surface area contributed by atoms with E-state index < -0.39 is 0 Å². The molecule has 1 aliphatic rings. The summed E-state index contributed by atoms with van der Waals surface area (Å²) in [7, 11) is 2.14. The maximum Gasteiger partial charge on any atom is 0.222 e. The third-order valence-electron chi connectivity index (χ3n) is 4.11. The van der Waals surface area contributed by atoms with E-state index in [4.69, 9.17) is 4.74 Å². The summed E-state index contributed by atoms with van der Waals surface area (Å²) < 4.78 is 5.73. The lowest BCUT2D eigenvalue weighted by molar-refractivity contribution is -0.122. The van der Waals surface area contributed by atoms with E-state index in [0.717, 1.165) is 51.9 Å². The number of carbonyl (C=O) groups excluding carboxylic acids is 1. The Labute approximate surface area is 129 Å². The summed E-state index contributed by atoms with van der Waals surface area (Å²) >= 11 is 0. The minimum absolute atomic E-state index is 0.112. The Morgan fingerprint density at radius 2 is 2.05 bits per heavy atom. The molecule has 1 aliphatic heterocycles. The number of unbranched alkanes of at least 4 members (excludes halogenated alkanes) is 1. The van der Waals surface area contributed by atoms with Gasteiger partial charge in [0.1, 0.15) is 0 Å². The zero-order valence-corrected chi connectivity index (χ0v) is 14.0. The van der Waals surface area contributed by atoms with Crippen molar-refractivity contribution in [3.05, 3.63) is 0 Å². The number of hydrogen-bond donors (Lipinski definition) is 2. The first-order chi connectivity index (χ1) is 10.1. The molecule has 0 aromatic heterocycles. The van der Waals surface area contributed by atoms with Crippen LogP contribution >= 0.6 is 0 Å². The Hall–Kier alpha value is -0.650. The summed E-state index contributed by atoms with van der Waals surface area (Å²) in [5.74, 6) is 0.112. The third kappa shape index (κ3) is 9.06. The van der Waals surface area contributed by atoms with E-state index in [1.165, 1.54) is 0 Å². The van der Waals surface area contributed by atoms with Gasteiger partial charge in [-0.25, -0.2) is 0 Å². The van der Waals surface area contributed by atoms with Gasteiger partial charge in [-0.2, -0.15) is 0 Å². The van der Waals surface area contributed by atoms with Crippen molar-refractivity contribution in [2.24, 2.45) is 0 Å². The predicted octanol–water partition coefficient (Wildman–Crippen LogP) is 1.38. The van der Waals surface area contributed by atoms with Crippen LogP contribution in [0.15, 0.2) is 0 Å². The van der Waals surface area contributed by atoms with Gasteiger partial charge < -0.3 is 20.3 Å². The van der Waals surface area contributed by atoms with Crippen LogP contribution in [0.4, 0.5) is 0 Å². The monoisotopic (exact) mass is 299 g/mol. The Morgan fingerprint density at radius 1 is 1.33 bits per heavy atom. The molecule has 0 aromatic carbocycles. The molecule has 5 heteroatoms. The van der Waals surface area contributed by atoms with Gasteiger partial charge in [-0.1, -0.05) is 0 Å². The smallest absolute Gasteiger partial charge is 0.222 e. The lowest BCUT2D eigenvalue weighted by atomic mass is 10.1. The Morgan fingerprint density at radius 3 is 2.71 bits per heavy atom. The van der Waals surface area contributed by atoms with Gasteiger partial charge in [0.2, 0.25) is 5.91 Å². The highest BCUT2D eigenvalue weighted by molar-refractivity contribution is 5.75. The van der Waals surface area contributed by atoms with Crippen LogP contribution in [0.2, 0.25) is 0 Å². The number of nitrogens with one attached hydrogen (secondary N) is 2. The van der Waals surface area contributed by atoms with Gasteiger partial charge in [0.05, 0.1) is 12.7 Å². The number of nitrogens with zero attached hydrogens (tertiary/aromatic N) is 1. The van der Waals surface area contributed by atoms with E-state index in [1.54, 1.807) is 0 Å². The summed E-state index contributed by atoms with van der Waals surface area (Å²) in [5.41, 5.74) is 0. The van der Waals surface area contributed by atoms with Crippen molar-refractivity contribution in [1.82, 2.24) is 15.5 Å². The first-order valence-electron chi connectivity index (χ1n) is 8.39. The van der Waals surface area contributed by atoms with Gasteiger partial charge in [-0.15, -0.1) is 0 Å². The first kappa shape index (κ1) is 18.4. The fraction of sp³-hybridized carbons (Fsp3) is 0.938. The van der Waals surface area contributed by atoms with Crippen LogP contribution in [0.3, 0.4) is 0 Å². The van der Waals surface area contributed by atoms with Crippen LogP contribution in [0.25, 0.3) is 0 Å². The molecule has 1 amide bonds. The van der Waals surface area contributed by atoms with Crippen LogP contribution in [0, 0.1) is 0 Å². The Kier molecular flexibility index (Phi) is 9.63. The van der Waals surface area contributed by atoms with E-state index in [1.807, 2.05) is 0 Å². The molecular weight excluding hydrogens is 266 g/mol. The SMILES string of the molecule is CC(C)N(C)CCCCNC(=O)CCOC1CCNCC1. The topological polar surface area (TPSA) is 53.6 Å². The largest absolute Gasteiger partial charge is 0.378 e. The minimum Gasteiger partial charge on any atom is -0.378 e. The molecule has 124 valence electrons. The summed E-state index contributed by atoms with van der Waals surface area (Å²) in [4.78, 5) is 14.0. The average Bonchev–Trinajstić information content (AvgIpc) is 2.47. The molecule has 5 nitrogen and oxygen atoms in total. The van der Waals surface area contributed by atoms with Gasteiger partial charge in [-0.3, -0.25) is 4.79 Å². The lowest BCUT2D eigenvalue weighted by Gasteiger charge is -2.22. The van der Waals surface area contributed by atoms with Crippen molar-refractivity contribution in [3.8, 4) is 0 Å². The highest BCUT2D eigenvalue weighted by Crippen LogP contribution is 2.07. The number of amides is 1. The van der Waals surface area contributed by atoms with Gasteiger partial charge in [-0.05, 0) is 66.2 Å². The number of hydrogen-bond acceptors (Lipinski definition) is 4. The van der Waals surface area contributed by atoms with Crippen LogP contribution in [-0.2, 0) is 9.53 Å². The summed E-state index contributed by atoms with van der Waals surface area (Å²) in [6.07, 6.45) is 5.11. The van der Waals surface area contributed by atoms with Crippen molar-refractivity contribution in [2.75, 3.05) is 39.8 Å². The fourth-order valence-electron chi connectivity index (χ4n) is 2.34. The van der Waals surface area contributed by atoms with Crippen LogP contribution in [-0.4, -0.2) is 62.8 Å². The zero-order chi connectivity index (χ0) is 15.5. The molecule has 21 heavy (non-hydrogen) atoms. The molecule has 0 unspecified atom stereocenters. The maximum absolute atomic E-state index is 11.7. The molecule has 0 atom stereocenters. The van der Waals surface area contributed by atoms with Crippen LogP contribution in [0.5, 0.6) is 0 Å². The van der Waals surface area contributed by atoms with Crippen LogP contribution in [0.1, 0.15) is 46.0 Å². The van der Waals surface area contributed by atoms with E-state index in [-0.39, 0.29) is 5.91 Å². The molecule has 1 saturated heterocycles. The zero-order valence-electron chi connectivity index (χ0n) is 14.0. The fourth-order valence-corrected chi connectivity index (χ4v) is 2.34. The molecule has 0 bridgehead atoms. The molecule has 1 fully saturated rings. The predicted molar refractivity (Wildman–Crippen MR) is 86.5 cm³/mol. The highest BCUT2D eigenvalue weighted by Gasteiger charge is 2.13. The quantitative estimate of drug-likeness (QED) is 0.599. The molecule has 1 rings (SSSR count). The van der Waals surface area contributed by atoms with E-state index in [0.29, 0.717) is 25.2 Å².